The van der Waals surface area contributed by atoms with Gasteiger partial charge in [0.25, 0.3) is 0 Å². The number of benzene rings is 1. The monoisotopic (exact) mass is 422 g/mol. The number of aryl methyl sites for hydroxylation is 1. The molecule has 5 rings (SSSR count). The first-order valence-electron chi connectivity index (χ1n) is 9.49. The van der Waals surface area contributed by atoms with E-state index in [-0.39, 0.29) is 0 Å². The summed E-state index contributed by atoms with van der Waals surface area (Å²) < 4.78 is 0. The molecule has 3 aromatic heterocycles. The van der Waals surface area contributed by atoms with Crippen LogP contribution in [0.15, 0.2) is 48.8 Å². The van der Waals surface area contributed by atoms with Gasteiger partial charge in [0.05, 0.1) is 5.39 Å². The Morgan fingerprint density at radius 1 is 0.897 bits per heavy atom. The summed E-state index contributed by atoms with van der Waals surface area (Å²) in [4.78, 5) is 24.6. The molecule has 0 spiro atoms. The summed E-state index contributed by atoms with van der Waals surface area (Å²) in [5.41, 5.74) is 2.38. The summed E-state index contributed by atoms with van der Waals surface area (Å²) >= 11 is 7.97. The summed E-state index contributed by atoms with van der Waals surface area (Å²) in [5.74, 6) is 1.69. The van der Waals surface area contributed by atoms with Crippen molar-refractivity contribution in [3.63, 3.8) is 0 Å². The number of thiophene rings is 1. The van der Waals surface area contributed by atoms with Crippen molar-refractivity contribution in [1.82, 2.24) is 19.9 Å². The van der Waals surface area contributed by atoms with Gasteiger partial charge in [-0.3, -0.25) is 0 Å². The molecule has 0 saturated carbocycles. The average molecular weight is 423 g/mol. The van der Waals surface area contributed by atoms with E-state index in [4.69, 9.17) is 11.6 Å². The number of rotatable bonds is 3. The lowest BCUT2D eigenvalue weighted by Gasteiger charge is -2.35. The second-order valence-corrected chi connectivity index (χ2v) is 8.46. The van der Waals surface area contributed by atoms with Gasteiger partial charge in [-0.2, -0.15) is 4.98 Å². The number of anilines is 2. The van der Waals surface area contributed by atoms with Gasteiger partial charge in [0.2, 0.25) is 11.2 Å². The third-order valence-electron chi connectivity index (χ3n) is 5.16. The van der Waals surface area contributed by atoms with Crippen LogP contribution in [0.2, 0.25) is 5.28 Å². The molecule has 1 aromatic carbocycles. The Morgan fingerprint density at radius 3 is 2.31 bits per heavy atom. The molecule has 0 bridgehead atoms. The van der Waals surface area contributed by atoms with Gasteiger partial charge >= 0.3 is 0 Å². The molecule has 4 heterocycles. The van der Waals surface area contributed by atoms with Crippen LogP contribution in [0.25, 0.3) is 21.3 Å². The Kier molecular flexibility index (Phi) is 4.77. The molecule has 0 atom stereocenters. The van der Waals surface area contributed by atoms with Crippen LogP contribution in [-0.2, 0) is 0 Å². The van der Waals surface area contributed by atoms with Gasteiger partial charge in [-0.05, 0) is 30.2 Å². The van der Waals surface area contributed by atoms with Gasteiger partial charge in [0.15, 0.2) is 0 Å². The largest absolute Gasteiger partial charge is 0.352 e. The first-order chi connectivity index (χ1) is 14.2. The standard InChI is InChI=1S/C21H19ClN6S/c1-14-16(15-6-3-2-4-7-15)17-18(25-20(22)26-19(17)29-14)27-10-12-28(13-11-27)21-23-8-5-9-24-21/h2-9H,10-13H2,1H3. The van der Waals surface area contributed by atoms with Gasteiger partial charge in [0.1, 0.15) is 10.6 Å². The number of halogens is 1. The maximum absolute atomic E-state index is 6.30. The van der Waals surface area contributed by atoms with E-state index in [1.807, 2.05) is 12.1 Å². The molecular formula is C21H19ClN6S. The maximum atomic E-state index is 6.30. The van der Waals surface area contributed by atoms with Gasteiger partial charge in [-0.15, -0.1) is 11.3 Å². The van der Waals surface area contributed by atoms with Gasteiger partial charge in [0, 0.05) is 49.0 Å². The first-order valence-corrected chi connectivity index (χ1v) is 10.7. The Hall–Kier alpha value is -2.77. The van der Waals surface area contributed by atoms with Crippen molar-refractivity contribution < 1.29 is 0 Å². The summed E-state index contributed by atoms with van der Waals surface area (Å²) in [6.07, 6.45) is 3.56. The first kappa shape index (κ1) is 18.3. The van der Waals surface area contributed by atoms with Crippen molar-refractivity contribution in [2.45, 2.75) is 6.92 Å². The van der Waals surface area contributed by atoms with E-state index in [9.17, 15) is 0 Å². The van der Waals surface area contributed by atoms with Crippen LogP contribution in [0.1, 0.15) is 4.88 Å². The summed E-state index contributed by atoms with van der Waals surface area (Å²) in [5, 5.41) is 1.38. The summed E-state index contributed by atoms with van der Waals surface area (Å²) in [7, 11) is 0. The number of fused-ring (bicyclic) bond motifs is 1. The number of hydrogen-bond acceptors (Lipinski definition) is 7. The molecule has 6 nitrogen and oxygen atoms in total. The highest BCUT2D eigenvalue weighted by Crippen LogP contribution is 2.42. The zero-order valence-electron chi connectivity index (χ0n) is 15.9. The fraction of sp³-hybridized carbons (Fsp3) is 0.238. The van der Waals surface area contributed by atoms with Crippen LogP contribution in [0.3, 0.4) is 0 Å². The van der Waals surface area contributed by atoms with Gasteiger partial charge in [-0.25, -0.2) is 15.0 Å². The van der Waals surface area contributed by atoms with Crippen molar-refractivity contribution >= 4 is 44.9 Å². The van der Waals surface area contributed by atoms with Crippen LogP contribution in [0.5, 0.6) is 0 Å². The minimum atomic E-state index is 0.294. The Labute approximate surface area is 177 Å². The molecule has 1 saturated heterocycles. The number of piperazine rings is 1. The summed E-state index contributed by atoms with van der Waals surface area (Å²) in [6, 6.07) is 12.3. The highest BCUT2D eigenvalue weighted by molar-refractivity contribution is 7.19. The van der Waals surface area contributed by atoms with Crippen molar-refractivity contribution in [2.75, 3.05) is 36.0 Å². The highest BCUT2D eigenvalue weighted by atomic mass is 35.5. The smallest absolute Gasteiger partial charge is 0.225 e. The van der Waals surface area contributed by atoms with Gasteiger partial charge < -0.3 is 9.80 Å². The van der Waals surface area contributed by atoms with Crippen molar-refractivity contribution in [2.24, 2.45) is 0 Å². The van der Waals surface area contributed by atoms with Crippen molar-refractivity contribution in [3.05, 3.63) is 59.0 Å². The van der Waals surface area contributed by atoms with Crippen LogP contribution in [0, 0.1) is 6.92 Å². The zero-order valence-corrected chi connectivity index (χ0v) is 17.5. The fourth-order valence-electron chi connectivity index (χ4n) is 3.82. The molecule has 0 aliphatic carbocycles. The van der Waals surface area contributed by atoms with Crippen molar-refractivity contribution in [1.29, 1.82) is 0 Å². The van der Waals surface area contributed by atoms with E-state index in [1.54, 1.807) is 23.7 Å². The molecule has 0 radical (unpaired) electrons. The second kappa shape index (κ2) is 7.57. The molecule has 1 aliphatic heterocycles. The minimum Gasteiger partial charge on any atom is -0.352 e. The molecule has 146 valence electrons. The van der Waals surface area contributed by atoms with E-state index < -0.39 is 0 Å². The van der Waals surface area contributed by atoms with Gasteiger partial charge in [-0.1, -0.05) is 30.3 Å². The van der Waals surface area contributed by atoms with Crippen LogP contribution in [-0.4, -0.2) is 46.1 Å². The summed E-state index contributed by atoms with van der Waals surface area (Å²) in [6.45, 7) is 5.44. The predicted octanol–water partition coefficient (Wildman–Crippen LogP) is 4.44. The average Bonchev–Trinajstić information content (AvgIpc) is 3.10. The molecule has 0 N–H and O–H groups in total. The fourth-order valence-corrected chi connectivity index (χ4v) is 5.08. The number of aromatic nitrogens is 4. The lowest BCUT2D eigenvalue weighted by atomic mass is 10.0. The van der Waals surface area contributed by atoms with Crippen molar-refractivity contribution in [3.8, 4) is 11.1 Å². The van der Waals surface area contributed by atoms with E-state index in [1.165, 1.54) is 16.0 Å². The molecular weight excluding hydrogens is 404 g/mol. The van der Waals surface area contributed by atoms with E-state index >= 15 is 0 Å². The Balaban J connectivity index is 1.54. The third-order valence-corrected chi connectivity index (χ3v) is 6.33. The minimum absolute atomic E-state index is 0.294. The van der Waals surface area contributed by atoms with E-state index in [0.29, 0.717) is 5.28 Å². The van der Waals surface area contributed by atoms with Crippen LogP contribution in [0.4, 0.5) is 11.8 Å². The normalized spacial score (nSPS) is 14.6. The van der Waals surface area contributed by atoms with E-state index in [2.05, 4.69) is 60.9 Å². The Bertz CT molecular complexity index is 1140. The SMILES string of the molecule is Cc1sc2nc(Cl)nc(N3CCN(c4ncccn4)CC3)c2c1-c1ccccc1. The molecule has 0 amide bonds. The zero-order chi connectivity index (χ0) is 19.8. The lowest BCUT2D eigenvalue weighted by Crippen LogP contribution is -2.47. The number of nitrogens with zero attached hydrogens (tertiary/aromatic N) is 6. The predicted molar refractivity (Wildman–Crippen MR) is 119 cm³/mol. The topological polar surface area (TPSA) is 58.0 Å². The highest BCUT2D eigenvalue weighted by Gasteiger charge is 2.25. The quantitative estimate of drug-likeness (QED) is 0.455. The van der Waals surface area contributed by atoms with Crippen LogP contribution < -0.4 is 9.80 Å². The van der Waals surface area contributed by atoms with E-state index in [0.717, 1.165) is 48.2 Å². The molecule has 1 fully saturated rings. The molecule has 1 aliphatic rings. The maximum Gasteiger partial charge on any atom is 0.225 e. The second-order valence-electron chi connectivity index (χ2n) is 6.92. The molecule has 8 heteroatoms. The van der Waals surface area contributed by atoms with Crippen LogP contribution >= 0.6 is 22.9 Å². The molecule has 4 aromatic rings. The lowest BCUT2D eigenvalue weighted by molar-refractivity contribution is 0.636. The number of hydrogen-bond donors (Lipinski definition) is 0. The third kappa shape index (κ3) is 3.41. The molecule has 0 unspecified atom stereocenters. The molecule has 29 heavy (non-hydrogen) atoms. The Morgan fingerprint density at radius 2 is 1.59 bits per heavy atom.